The summed E-state index contributed by atoms with van der Waals surface area (Å²) in [5.74, 6) is 0. The van der Waals surface area contributed by atoms with E-state index in [1.165, 1.54) is 48.7 Å². The lowest BCUT2D eigenvalue weighted by molar-refractivity contribution is -0.315. The molecule has 0 bridgehead atoms. The quantitative estimate of drug-likeness (QED) is 0.602. The Labute approximate surface area is 166 Å². The zero-order chi connectivity index (χ0) is 22.2. The van der Waals surface area contributed by atoms with Crippen molar-refractivity contribution in [2.45, 2.75) is 31.4 Å². The van der Waals surface area contributed by atoms with Crippen molar-refractivity contribution in [3.8, 4) is 5.69 Å². The number of hydrogen-bond donors (Lipinski definition) is 2. The minimum atomic E-state index is -5.87. The van der Waals surface area contributed by atoms with E-state index in [9.17, 15) is 31.1 Å². The summed E-state index contributed by atoms with van der Waals surface area (Å²) in [6.45, 7) is 0.125. The van der Waals surface area contributed by atoms with Gasteiger partial charge in [-0.2, -0.15) is 26.3 Å². The zero-order valence-electron chi connectivity index (χ0n) is 15.5. The summed E-state index contributed by atoms with van der Waals surface area (Å²) in [6.07, 6.45) is -10.5. The molecule has 0 radical (unpaired) electrons. The van der Waals surface area contributed by atoms with Crippen molar-refractivity contribution in [2.75, 3.05) is 0 Å². The number of alkyl halides is 6. The van der Waals surface area contributed by atoms with Gasteiger partial charge in [-0.15, -0.1) is 0 Å². The topological polar surface area (TPSA) is 62.7 Å². The van der Waals surface area contributed by atoms with Crippen LogP contribution in [0.15, 0.2) is 59.5 Å². The molecule has 5 nitrogen and oxygen atoms in total. The number of rotatable bonds is 5. The van der Waals surface area contributed by atoms with Crippen LogP contribution < -0.4 is 10.9 Å². The number of benzene rings is 1. The van der Waals surface area contributed by atoms with Gasteiger partial charge in [0.1, 0.15) is 0 Å². The molecule has 0 amide bonds. The van der Waals surface area contributed by atoms with E-state index in [2.05, 4.69) is 10.1 Å². The SMILES string of the molecule is Cc1[nH]n(-c2ccccc2)c(=O)c1C(NCc1ccccn1)(C(F)(F)F)C(F)(F)F. The zero-order valence-corrected chi connectivity index (χ0v) is 15.5. The molecule has 11 heteroatoms. The van der Waals surface area contributed by atoms with E-state index in [-0.39, 0.29) is 11.4 Å². The summed E-state index contributed by atoms with van der Waals surface area (Å²) in [5, 5.41) is 3.87. The van der Waals surface area contributed by atoms with Crippen LogP contribution in [0.25, 0.3) is 5.69 Å². The van der Waals surface area contributed by atoms with E-state index in [0.717, 1.165) is 6.92 Å². The molecule has 2 heterocycles. The second-order valence-electron chi connectivity index (χ2n) is 6.51. The van der Waals surface area contributed by atoms with E-state index in [1.54, 1.807) is 11.4 Å². The summed E-state index contributed by atoms with van der Waals surface area (Å²) in [6, 6.07) is 11.5. The van der Waals surface area contributed by atoms with E-state index in [1.807, 2.05) is 0 Å². The molecule has 2 aromatic heterocycles. The molecule has 0 unspecified atom stereocenters. The highest BCUT2D eigenvalue weighted by Gasteiger charge is 2.73. The fourth-order valence-electron chi connectivity index (χ4n) is 3.21. The van der Waals surface area contributed by atoms with Crippen molar-refractivity contribution < 1.29 is 26.3 Å². The standard InChI is InChI=1S/C19H16F6N4O/c1-12-15(16(30)29(28-12)14-8-3-2-4-9-14)17(18(20,21)22,19(23,24)25)27-11-13-7-5-6-10-26-13/h2-10,27-28H,11H2,1H3. The van der Waals surface area contributed by atoms with Crippen molar-refractivity contribution in [1.82, 2.24) is 20.1 Å². The van der Waals surface area contributed by atoms with Gasteiger partial charge in [-0.25, -0.2) is 4.68 Å². The van der Waals surface area contributed by atoms with Crippen LogP contribution in [0.4, 0.5) is 26.3 Å². The number of aromatic nitrogens is 3. The lowest BCUT2D eigenvalue weighted by Gasteiger charge is -2.37. The molecule has 3 aromatic rings. The molecular formula is C19H16F6N4O. The monoisotopic (exact) mass is 430 g/mol. The van der Waals surface area contributed by atoms with Gasteiger partial charge in [0, 0.05) is 18.4 Å². The molecule has 0 saturated carbocycles. The first-order valence-electron chi connectivity index (χ1n) is 8.65. The first kappa shape index (κ1) is 21.6. The fourth-order valence-corrected chi connectivity index (χ4v) is 3.21. The smallest absolute Gasteiger partial charge is 0.295 e. The van der Waals surface area contributed by atoms with Crippen LogP contribution in [0, 0.1) is 6.92 Å². The Balaban J connectivity index is 2.23. The number of hydrogen-bond acceptors (Lipinski definition) is 3. The van der Waals surface area contributed by atoms with Crippen molar-refractivity contribution in [3.63, 3.8) is 0 Å². The second-order valence-corrected chi connectivity index (χ2v) is 6.51. The molecule has 0 atom stereocenters. The molecule has 0 aliphatic heterocycles. The van der Waals surface area contributed by atoms with E-state index >= 15 is 0 Å². The molecule has 160 valence electrons. The summed E-state index contributed by atoms with van der Waals surface area (Å²) in [4.78, 5) is 16.6. The number of nitrogens with zero attached hydrogens (tertiary/aromatic N) is 2. The minimum absolute atomic E-state index is 0.0491. The number of halogens is 6. The summed E-state index contributed by atoms with van der Waals surface area (Å²) < 4.78 is 85.1. The third-order valence-corrected chi connectivity index (χ3v) is 4.57. The van der Waals surface area contributed by atoms with Crippen molar-refractivity contribution in [3.05, 3.63) is 82.0 Å². The van der Waals surface area contributed by atoms with Gasteiger partial charge in [-0.1, -0.05) is 24.3 Å². The minimum Gasteiger partial charge on any atom is -0.295 e. The Morgan fingerprint density at radius 1 is 0.967 bits per heavy atom. The number of H-pyrrole nitrogens is 1. The number of para-hydroxylation sites is 1. The van der Waals surface area contributed by atoms with E-state index in [0.29, 0.717) is 4.68 Å². The van der Waals surface area contributed by atoms with Crippen LogP contribution in [0.3, 0.4) is 0 Å². The van der Waals surface area contributed by atoms with Gasteiger partial charge in [0.2, 0.25) is 5.54 Å². The Bertz CT molecular complexity index is 1040. The predicted octanol–water partition coefficient (Wildman–Crippen LogP) is 3.98. The van der Waals surface area contributed by atoms with Crippen LogP contribution in [0.5, 0.6) is 0 Å². The number of pyridine rings is 1. The Morgan fingerprint density at radius 2 is 1.57 bits per heavy atom. The molecule has 2 N–H and O–H groups in total. The van der Waals surface area contributed by atoms with Gasteiger partial charge in [0.25, 0.3) is 5.56 Å². The van der Waals surface area contributed by atoms with E-state index < -0.39 is 41.3 Å². The maximum Gasteiger partial charge on any atom is 0.420 e. The van der Waals surface area contributed by atoms with Crippen LogP contribution in [0.1, 0.15) is 17.0 Å². The molecule has 3 rings (SSSR count). The lowest BCUT2D eigenvalue weighted by Crippen LogP contribution is -2.64. The molecular weight excluding hydrogens is 414 g/mol. The van der Waals surface area contributed by atoms with Crippen LogP contribution >= 0.6 is 0 Å². The van der Waals surface area contributed by atoms with Gasteiger partial charge in [-0.3, -0.25) is 20.2 Å². The number of aryl methyl sites for hydroxylation is 1. The third kappa shape index (κ3) is 3.60. The van der Waals surface area contributed by atoms with Crippen LogP contribution in [-0.2, 0) is 12.1 Å². The van der Waals surface area contributed by atoms with Gasteiger partial charge < -0.3 is 0 Å². The third-order valence-electron chi connectivity index (χ3n) is 4.57. The van der Waals surface area contributed by atoms with Crippen molar-refractivity contribution in [1.29, 1.82) is 0 Å². The lowest BCUT2D eigenvalue weighted by atomic mass is 9.88. The first-order valence-corrected chi connectivity index (χ1v) is 8.65. The molecule has 0 aliphatic rings. The molecule has 1 aromatic carbocycles. The molecule has 0 saturated heterocycles. The normalized spacial score (nSPS) is 12.9. The maximum atomic E-state index is 14.1. The van der Waals surface area contributed by atoms with Gasteiger partial charge in [0.05, 0.1) is 16.9 Å². The second kappa shape index (κ2) is 7.63. The largest absolute Gasteiger partial charge is 0.420 e. The molecule has 30 heavy (non-hydrogen) atoms. The highest BCUT2D eigenvalue weighted by atomic mass is 19.4. The molecule has 0 aliphatic carbocycles. The average Bonchev–Trinajstić information content (AvgIpc) is 2.97. The molecule has 0 fully saturated rings. The maximum absolute atomic E-state index is 14.1. The highest BCUT2D eigenvalue weighted by molar-refractivity contribution is 5.37. The summed E-state index contributed by atoms with van der Waals surface area (Å²) in [5.41, 5.74) is -8.04. The van der Waals surface area contributed by atoms with Crippen LogP contribution in [-0.4, -0.2) is 27.1 Å². The van der Waals surface area contributed by atoms with Gasteiger partial charge in [-0.05, 0) is 31.2 Å². The van der Waals surface area contributed by atoms with Gasteiger partial charge >= 0.3 is 12.4 Å². The average molecular weight is 430 g/mol. The molecule has 0 spiro atoms. The number of aromatic amines is 1. The number of nitrogens with one attached hydrogen (secondary N) is 2. The Hall–Kier alpha value is -3.08. The van der Waals surface area contributed by atoms with Crippen molar-refractivity contribution in [2.24, 2.45) is 0 Å². The van der Waals surface area contributed by atoms with Crippen LogP contribution in [0.2, 0.25) is 0 Å². The highest BCUT2D eigenvalue weighted by Crippen LogP contribution is 2.50. The summed E-state index contributed by atoms with van der Waals surface area (Å²) in [7, 11) is 0. The van der Waals surface area contributed by atoms with E-state index in [4.69, 9.17) is 0 Å². The predicted molar refractivity (Wildman–Crippen MR) is 96.0 cm³/mol. The Kier molecular flexibility index (Phi) is 5.50. The first-order chi connectivity index (χ1) is 14.0. The van der Waals surface area contributed by atoms with Crippen molar-refractivity contribution >= 4 is 0 Å². The van der Waals surface area contributed by atoms with Gasteiger partial charge in [0.15, 0.2) is 0 Å². The summed E-state index contributed by atoms with van der Waals surface area (Å²) >= 11 is 0. The Morgan fingerprint density at radius 3 is 2.10 bits per heavy atom. The fraction of sp³-hybridized carbons (Fsp3) is 0.263.